The van der Waals surface area contributed by atoms with Crippen molar-refractivity contribution < 1.29 is 16.8 Å². The monoisotopic (exact) mass is 327 g/mol. The van der Waals surface area contributed by atoms with Crippen LogP contribution in [0.1, 0.15) is 19.8 Å². The van der Waals surface area contributed by atoms with Crippen molar-refractivity contribution in [3.8, 4) is 0 Å². The van der Waals surface area contributed by atoms with Gasteiger partial charge in [-0.2, -0.15) is 0 Å². The summed E-state index contributed by atoms with van der Waals surface area (Å²) in [7, 11) is -3.85. The fourth-order valence-corrected chi connectivity index (χ4v) is 4.82. The van der Waals surface area contributed by atoms with E-state index in [2.05, 4.69) is 0 Å². The summed E-state index contributed by atoms with van der Waals surface area (Å²) in [6, 6.07) is 0. The Hall–Kier alpha value is -0.220. The highest BCUT2D eigenvalue weighted by Crippen LogP contribution is 2.30. The molecule has 1 saturated heterocycles. The van der Waals surface area contributed by atoms with Gasteiger partial charge in [-0.3, -0.25) is 0 Å². The molecule has 0 saturated carbocycles. The smallest absolute Gasteiger partial charge is 0.214 e. The Kier molecular flexibility index (Phi) is 5.59. The van der Waals surface area contributed by atoms with Gasteiger partial charge in [-0.1, -0.05) is 6.92 Å². The number of nitrogens with two attached hydrogens (primary N) is 1. The third-order valence-corrected chi connectivity index (χ3v) is 7.59. The van der Waals surface area contributed by atoms with Gasteiger partial charge in [-0.05, 0) is 24.8 Å². The van der Waals surface area contributed by atoms with E-state index in [1.54, 1.807) is 0 Å². The molecule has 0 aromatic rings. The Balaban J connectivity index is 2.56. The van der Waals surface area contributed by atoms with Crippen LogP contribution >= 0.6 is 0 Å². The minimum atomic E-state index is -3.39. The molecule has 2 N–H and O–H groups in total. The summed E-state index contributed by atoms with van der Waals surface area (Å²) in [4.78, 5) is 0. The molecule has 1 fully saturated rings. The van der Waals surface area contributed by atoms with Crippen molar-refractivity contribution in [3.05, 3.63) is 0 Å². The fraction of sp³-hybridized carbons (Fsp3) is 1.00. The lowest BCUT2D eigenvalue weighted by molar-refractivity contribution is 0.349. The first-order chi connectivity index (χ1) is 9.02. The molecule has 0 amide bonds. The molecule has 0 bridgehead atoms. The predicted octanol–water partition coefficient (Wildman–Crippen LogP) is -0.732. The second-order valence-electron chi connectivity index (χ2n) is 5.87. The van der Waals surface area contributed by atoms with Crippen LogP contribution in [0.5, 0.6) is 0 Å². The molecule has 0 radical (unpaired) electrons. The van der Waals surface area contributed by atoms with Crippen LogP contribution in [0.2, 0.25) is 0 Å². The molecule has 0 aromatic carbocycles. The van der Waals surface area contributed by atoms with Crippen LogP contribution in [0.25, 0.3) is 0 Å². The zero-order valence-electron chi connectivity index (χ0n) is 12.4. The standard InChI is InChI=1S/C11H25N3O4S2/c1-11(9-12)5-6-14(10-11)20(17,18)8-4-7-19(15,16)13(2)3/h4-10,12H2,1-3H3. The second kappa shape index (κ2) is 6.27. The minimum Gasteiger partial charge on any atom is -0.330 e. The number of sulfonamides is 2. The van der Waals surface area contributed by atoms with Gasteiger partial charge < -0.3 is 5.73 Å². The topological polar surface area (TPSA) is 101 Å². The molecule has 7 nitrogen and oxygen atoms in total. The van der Waals surface area contributed by atoms with Gasteiger partial charge in [0, 0.05) is 27.2 Å². The third kappa shape index (κ3) is 4.39. The zero-order chi connectivity index (χ0) is 15.6. The first-order valence-electron chi connectivity index (χ1n) is 6.60. The summed E-state index contributed by atoms with van der Waals surface area (Å²) in [6.07, 6.45) is 0.859. The Morgan fingerprint density at radius 3 is 2.25 bits per heavy atom. The Bertz CT molecular complexity index is 530. The molecule has 1 aliphatic heterocycles. The average Bonchev–Trinajstić information content (AvgIpc) is 2.73. The van der Waals surface area contributed by atoms with Gasteiger partial charge in [-0.15, -0.1) is 0 Å². The maximum atomic E-state index is 12.2. The van der Waals surface area contributed by atoms with Gasteiger partial charge in [-0.25, -0.2) is 25.4 Å². The van der Waals surface area contributed by atoms with Crippen LogP contribution in [0.4, 0.5) is 0 Å². The lowest BCUT2D eigenvalue weighted by atomic mass is 9.90. The lowest BCUT2D eigenvalue weighted by Crippen LogP contribution is -2.36. The third-order valence-electron chi connectivity index (χ3n) is 3.77. The fourth-order valence-electron chi connectivity index (χ4n) is 2.12. The summed E-state index contributed by atoms with van der Waals surface area (Å²) < 4.78 is 50.1. The Morgan fingerprint density at radius 2 is 1.80 bits per heavy atom. The molecule has 1 atom stereocenters. The molecular weight excluding hydrogens is 302 g/mol. The van der Waals surface area contributed by atoms with Crippen molar-refractivity contribution in [2.75, 3.05) is 45.2 Å². The van der Waals surface area contributed by atoms with Gasteiger partial charge in [0.25, 0.3) is 0 Å². The van der Waals surface area contributed by atoms with Crippen LogP contribution in [0.15, 0.2) is 0 Å². The maximum Gasteiger partial charge on any atom is 0.214 e. The number of nitrogens with zero attached hydrogens (tertiary/aromatic N) is 2. The van der Waals surface area contributed by atoms with E-state index in [1.807, 2.05) is 6.92 Å². The quantitative estimate of drug-likeness (QED) is 0.664. The van der Waals surface area contributed by atoms with Crippen LogP contribution in [-0.2, 0) is 20.0 Å². The molecule has 1 aliphatic rings. The summed E-state index contributed by atoms with van der Waals surface area (Å²) in [5.74, 6) is -0.290. The summed E-state index contributed by atoms with van der Waals surface area (Å²) >= 11 is 0. The summed E-state index contributed by atoms with van der Waals surface area (Å²) in [5.41, 5.74) is 5.49. The molecular formula is C11H25N3O4S2. The van der Waals surface area contributed by atoms with E-state index < -0.39 is 20.0 Å². The van der Waals surface area contributed by atoms with E-state index in [1.165, 1.54) is 18.4 Å². The van der Waals surface area contributed by atoms with Gasteiger partial charge in [0.05, 0.1) is 11.5 Å². The molecule has 1 heterocycles. The van der Waals surface area contributed by atoms with E-state index in [9.17, 15) is 16.8 Å². The van der Waals surface area contributed by atoms with Crippen LogP contribution in [-0.4, -0.2) is 70.7 Å². The number of hydrogen-bond acceptors (Lipinski definition) is 5. The van der Waals surface area contributed by atoms with Gasteiger partial charge in [0.1, 0.15) is 0 Å². The largest absolute Gasteiger partial charge is 0.330 e. The molecule has 0 aliphatic carbocycles. The van der Waals surface area contributed by atoms with E-state index in [4.69, 9.17) is 5.73 Å². The average molecular weight is 327 g/mol. The first-order valence-corrected chi connectivity index (χ1v) is 9.82. The van der Waals surface area contributed by atoms with E-state index in [0.717, 1.165) is 10.7 Å². The maximum absolute atomic E-state index is 12.2. The molecule has 9 heteroatoms. The van der Waals surface area contributed by atoms with Crippen molar-refractivity contribution in [3.63, 3.8) is 0 Å². The number of hydrogen-bond donors (Lipinski definition) is 1. The van der Waals surface area contributed by atoms with Crippen molar-refractivity contribution >= 4 is 20.0 Å². The summed E-state index contributed by atoms with van der Waals surface area (Å²) in [5, 5.41) is 0. The van der Waals surface area contributed by atoms with Gasteiger partial charge in [0.15, 0.2) is 0 Å². The highest BCUT2D eigenvalue weighted by atomic mass is 32.2. The lowest BCUT2D eigenvalue weighted by Gasteiger charge is -2.22. The van der Waals surface area contributed by atoms with E-state index in [-0.39, 0.29) is 23.3 Å². The molecule has 1 unspecified atom stereocenters. The SMILES string of the molecule is CN(C)S(=O)(=O)CCCS(=O)(=O)N1CCC(C)(CN)C1. The highest BCUT2D eigenvalue weighted by molar-refractivity contribution is 7.90. The molecule has 0 spiro atoms. The Morgan fingerprint density at radius 1 is 1.20 bits per heavy atom. The Labute approximate surface area is 122 Å². The second-order valence-corrected chi connectivity index (χ2v) is 10.3. The summed E-state index contributed by atoms with van der Waals surface area (Å²) in [6.45, 7) is 3.32. The molecule has 120 valence electrons. The molecule has 1 rings (SSSR count). The minimum absolute atomic E-state index is 0.110. The molecule has 20 heavy (non-hydrogen) atoms. The normalized spacial score (nSPS) is 25.4. The first kappa shape index (κ1) is 17.8. The highest BCUT2D eigenvalue weighted by Gasteiger charge is 2.38. The van der Waals surface area contributed by atoms with Crippen LogP contribution in [0, 0.1) is 5.41 Å². The van der Waals surface area contributed by atoms with Gasteiger partial charge >= 0.3 is 0 Å². The van der Waals surface area contributed by atoms with Crippen molar-refractivity contribution in [1.82, 2.24) is 8.61 Å². The van der Waals surface area contributed by atoms with Crippen molar-refractivity contribution in [1.29, 1.82) is 0 Å². The van der Waals surface area contributed by atoms with Crippen molar-refractivity contribution in [2.24, 2.45) is 11.1 Å². The van der Waals surface area contributed by atoms with Crippen LogP contribution in [0.3, 0.4) is 0 Å². The predicted molar refractivity (Wildman–Crippen MR) is 79.2 cm³/mol. The zero-order valence-corrected chi connectivity index (χ0v) is 14.0. The number of rotatable bonds is 7. The van der Waals surface area contributed by atoms with Crippen LogP contribution < -0.4 is 5.73 Å². The van der Waals surface area contributed by atoms with Gasteiger partial charge in [0.2, 0.25) is 20.0 Å². The van der Waals surface area contributed by atoms with E-state index in [0.29, 0.717) is 19.6 Å². The molecule has 0 aromatic heterocycles. The van der Waals surface area contributed by atoms with Crippen molar-refractivity contribution in [2.45, 2.75) is 19.8 Å². The van der Waals surface area contributed by atoms with E-state index >= 15 is 0 Å².